The van der Waals surface area contributed by atoms with Crippen molar-refractivity contribution in [3.8, 4) is 11.3 Å². The van der Waals surface area contributed by atoms with Gasteiger partial charge in [-0.2, -0.15) is 5.10 Å². The van der Waals surface area contributed by atoms with Gasteiger partial charge in [0.2, 0.25) is 0 Å². The lowest BCUT2D eigenvalue weighted by atomic mass is 9.85. The second-order valence-corrected chi connectivity index (χ2v) is 6.09. The first kappa shape index (κ1) is 14.6. The smallest absolute Gasteiger partial charge is 0.101 e. The van der Waals surface area contributed by atoms with Gasteiger partial charge in [0.1, 0.15) is 5.69 Å². The Morgan fingerprint density at radius 3 is 2.29 bits per heavy atom. The first-order chi connectivity index (χ1) is 11.7. The number of allylic oxidation sites excluding steroid dienone is 1. The molecule has 3 aromatic rings. The molecule has 0 saturated heterocycles. The number of aromatic nitrogens is 2. The largest absolute Gasteiger partial charge is 0.399 e. The van der Waals surface area contributed by atoms with E-state index in [0.717, 1.165) is 33.4 Å². The average molecular weight is 314 g/mol. The summed E-state index contributed by atoms with van der Waals surface area (Å²) in [5.41, 5.74) is 15.2. The van der Waals surface area contributed by atoms with E-state index in [1.807, 2.05) is 60.7 Å². The summed E-state index contributed by atoms with van der Waals surface area (Å²) in [5, 5.41) is 11.1. The summed E-state index contributed by atoms with van der Waals surface area (Å²) in [5.74, 6) is 0. The van der Waals surface area contributed by atoms with Gasteiger partial charge in [0.15, 0.2) is 0 Å². The van der Waals surface area contributed by atoms with E-state index < -0.39 is 5.54 Å². The minimum Gasteiger partial charge on any atom is -0.399 e. The van der Waals surface area contributed by atoms with Crippen molar-refractivity contribution in [2.45, 2.75) is 12.0 Å². The topological polar surface area (TPSA) is 77.8 Å². The summed E-state index contributed by atoms with van der Waals surface area (Å²) >= 11 is 0. The lowest BCUT2D eigenvalue weighted by molar-refractivity contribution is 0.541. The molecule has 0 spiro atoms. The fourth-order valence-electron chi connectivity index (χ4n) is 3.10. The molecule has 1 heterocycles. The van der Waals surface area contributed by atoms with Gasteiger partial charge < -0.3 is 11.5 Å². The monoisotopic (exact) mass is 314 g/mol. The van der Waals surface area contributed by atoms with Crippen LogP contribution in [0.1, 0.15) is 12.1 Å². The van der Waals surface area contributed by atoms with Crippen LogP contribution in [0.3, 0.4) is 0 Å². The van der Waals surface area contributed by atoms with Crippen molar-refractivity contribution in [1.29, 1.82) is 0 Å². The highest BCUT2D eigenvalue weighted by atomic mass is 15.1. The van der Waals surface area contributed by atoms with Crippen LogP contribution in [0.5, 0.6) is 0 Å². The number of fused-ring (bicyclic) bond motifs is 1. The molecule has 1 aromatic heterocycles. The summed E-state index contributed by atoms with van der Waals surface area (Å²) < 4.78 is 0. The molecule has 2 aromatic carbocycles. The molecule has 1 atom stereocenters. The molecule has 0 saturated carbocycles. The Morgan fingerprint density at radius 2 is 1.58 bits per heavy atom. The third-order valence-corrected chi connectivity index (χ3v) is 4.42. The highest BCUT2D eigenvalue weighted by Gasteiger charge is 2.30. The van der Waals surface area contributed by atoms with Crippen LogP contribution in [-0.4, -0.2) is 10.2 Å². The second-order valence-electron chi connectivity index (χ2n) is 6.09. The Kier molecular flexibility index (Phi) is 3.40. The van der Waals surface area contributed by atoms with Crippen molar-refractivity contribution in [3.05, 3.63) is 84.2 Å². The Bertz CT molecular complexity index is 960. The average Bonchev–Trinajstić information content (AvgIpc) is 2.64. The highest BCUT2D eigenvalue weighted by Crippen LogP contribution is 2.34. The molecule has 0 radical (unpaired) electrons. The number of nitrogens with zero attached hydrogens (tertiary/aromatic N) is 2. The zero-order chi connectivity index (χ0) is 16.6. The zero-order valence-electron chi connectivity index (χ0n) is 13.2. The first-order valence-electron chi connectivity index (χ1n) is 7.92. The van der Waals surface area contributed by atoms with E-state index in [-0.39, 0.29) is 0 Å². The van der Waals surface area contributed by atoms with Crippen molar-refractivity contribution in [3.63, 3.8) is 0 Å². The van der Waals surface area contributed by atoms with Crippen molar-refractivity contribution in [2.75, 3.05) is 0 Å². The van der Waals surface area contributed by atoms with Crippen LogP contribution in [0, 0.1) is 0 Å². The molecule has 24 heavy (non-hydrogen) atoms. The summed E-state index contributed by atoms with van der Waals surface area (Å²) in [7, 11) is 0. The van der Waals surface area contributed by atoms with E-state index in [0.29, 0.717) is 6.42 Å². The lowest BCUT2D eigenvalue weighted by Gasteiger charge is -2.27. The van der Waals surface area contributed by atoms with E-state index in [9.17, 15) is 0 Å². The summed E-state index contributed by atoms with van der Waals surface area (Å²) in [6, 6.07) is 18.2. The molecule has 0 aliphatic heterocycles. The van der Waals surface area contributed by atoms with Crippen LogP contribution in [0.25, 0.3) is 22.0 Å². The quantitative estimate of drug-likeness (QED) is 0.761. The first-order valence-corrected chi connectivity index (χ1v) is 7.92. The molecule has 0 bridgehead atoms. The molecule has 0 fully saturated rings. The van der Waals surface area contributed by atoms with Gasteiger partial charge in [-0.05, 0) is 12.5 Å². The SMILES string of the molecule is NC1=CCC(N)(c2nnc(-c3ccccc3)c3ccccc23)C=C1. The van der Waals surface area contributed by atoms with Crippen LogP contribution < -0.4 is 11.5 Å². The maximum Gasteiger partial charge on any atom is 0.101 e. The highest BCUT2D eigenvalue weighted by molar-refractivity contribution is 5.96. The van der Waals surface area contributed by atoms with Crippen molar-refractivity contribution < 1.29 is 0 Å². The molecule has 1 aliphatic carbocycles. The second kappa shape index (κ2) is 5.58. The number of rotatable bonds is 2. The fourth-order valence-corrected chi connectivity index (χ4v) is 3.10. The summed E-state index contributed by atoms with van der Waals surface area (Å²) in [6.07, 6.45) is 6.30. The maximum atomic E-state index is 6.61. The third kappa shape index (κ3) is 2.37. The number of benzene rings is 2. The molecule has 0 amide bonds. The Balaban J connectivity index is 1.93. The van der Waals surface area contributed by atoms with Crippen molar-refractivity contribution in [1.82, 2.24) is 10.2 Å². The number of hydrogen-bond acceptors (Lipinski definition) is 4. The van der Waals surface area contributed by atoms with Crippen molar-refractivity contribution in [2.24, 2.45) is 11.5 Å². The lowest BCUT2D eigenvalue weighted by Crippen LogP contribution is -2.37. The van der Waals surface area contributed by atoms with Crippen LogP contribution in [0.4, 0.5) is 0 Å². The van der Waals surface area contributed by atoms with Crippen LogP contribution in [-0.2, 0) is 5.54 Å². The number of nitrogens with two attached hydrogens (primary N) is 2. The van der Waals surface area contributed by atoms with Crippen molar-refractivity contribution >= 4 is 10.8 Å². The Labute approximate surface area is 140 Å². The van der Waals surface area contributed by atoms with Crippen LogP contribution >= 0.6 is 0 Å². The molecule has 118 valence electrons. The van der Waals surface area contributed by atoms with E-state index in [2.05, 4.69) is 22.3 Å². The molecule has 4 nitrogen and oxygen atoms in total. The van der Waals surface area contributed by atoms with E-state index in [4.69, 9.17) is 11.5 Å². The molecule has 1 unspecified atom stereocenters. The van der Waals surface area contributed by atoms with E-state index in [1.165, 1.54) is 0 Å². The Hall–Kier alpha value is -2.98. The van der Waals surface area contributed by atoms with Gasteiger partial charge in [-0.3, -0.25) is 0 Å². The standard InChI is InChI=1S/C20H18N4/c21-15-10-12-20(22,13-11-15)19-17-9-5-4-8-16(17)18(23-24-19)14-6-2-1-3-7-14/h1-12H,13,21-22H2. The minimum atomic E-state index is -0.690. The van der Waals surface area contributed by atoms with Gasteiger partial charge in [0, 0.05) is 22.0 Å². The number of hydrogen-bond donors (Lipinski definition) is 2. The summed E-state index contributed by atoms with van der Waals surface area (Å²) in [4.78, 5) is 0. The molecular formula is C20H18N4. The van der Waals surface area contributed by atoms with Gasteiger partial charge in [-0.1, -0.05) is 66.7 Å². The predicted molar refractivity (Wildman–Crippen MR) is 96.9 cm³/mol. The molecule has 4 N–H and O–H groups in total. The van der Waals surface area contributed by atoms with Gasteiger partial charge >= 0.3 is 0 Å². The molecular weight excluding hydrogens is 296 g/mol. The molecule has 1 aliphatic rings. The molecule has 4 rings (SSSR count). The summed E-state index contributed by atoms with van der Waals surface area (Å²) in [6.45, 7) is 0. The van der Waals surface area contributed by atoms with Crippen LogP contribution in [0.2, 0.25) is 0 Å². The van der Waals surface area contributed by atoms with Crippen LogP contribution in [0.15, 0.2) is 78.5 Å². The molecule has 4 heteroatoms. The van der Waals surface area contributed by atoms with Gasteiger partial charge in [-0.15, -0.1) is 5.10 Å². The fraction of sp³-hybridized carbons (Fsp3) is 0.100. The van der Waals surface area contributed by atoms with E-state index >= 15 is 0 Å². The third-order valence-electron chi connectivity index (χ3n) is 4.42. The predicted octanol–water partition coefficient (Wildman–Crippen LogP) is 3.25. The Morgan fingerprint density at radius 1 is 0.875 bits per heavy atom. The normalized spacial score (nSPS) is 20.1. The zero-order valence-corrected chi connectivity index (χ0v) is 13.2. The van der Waals surface area contributed by atoms with Gasteiger partial charge in [0.25, 0.3) is 0 Å². The van der Waals surface area contributed by atoms with E-state index in [1.54, 1.807) is 0 Å². The minimum absolute atomic E-state index is 0.610. The van der Waals surface area contributed by atoms with Gasteiger partial charge in [-0.25, -0.2) is 0 Å². The maximum absolute atomic E-state index is 6.61. The van der Waals surface area contributed by atoms with Gasteiger partial charge in [0.05, 0.1) is 11.2 Å².